The highest BCUT2D eigenvalue weighted by Gasteiger charge is 2.65. The standard InChI is InChI=1S/C26H30N2O7/c1-24(2,3)35-23(32)28-8-7-25-13-19-15(9-17(22(30)31)21(29)27-19)12-26(25,33)20(28)10-14-5-6-16(34-4)11-18(14)25/h5-6,9,11,20,33H,7-8,10,12-13H2,1-4H3,(H,27,29)(H,30,31)/t20-,25-,26-/m1/s1. The molecule has 2 aliphatic carbocycles. The van der Waals surface area contributed by atoms with E-state index >= 15 is 0 Å². The number of aromatic nitrogens is 1. The molecule has 9 heteroatoms. The molecule has 3 aliphatic rings. The van der Waals surface area contributed by atoms with E-state index < -0.39 is 40.3 Å². The molecule has 0 radical (unpaired) electrons. The Balaban J connectivity index is 1.70. The van der Waals surface area contributed by atoms with Crippen molar-refractivity contribution in [3.63, 3.8) is 0 Å². The number of benzene rings is 1. The molecule has 5 rings (SSSR count). The van der Waals surface area contributed by atoms with Gasteiger partial charge in [0.15, 0.2) is 0 Å². The largest absolute Gasteiger partial charge is 0.497 e. The van der Waals surface area contributed by atoms with E-state index in [2.05, 4.69) is 4.98 Å². The lowest BCUT2D eigenvalue weighted by molar-refractivity contribution is -0.147. The van der Waals surface area contributed by atoms with Gasteiger partial charge in [-0.1, -0.05) is 6.07 Å². The highest BCUT2D eigenvalue weighted by molar-refractivity contribution is 5.87. The number of methoxy groups -OCH3 is 1. The summed E-state index contributed by atoms with van der Waals surface area (Å²) in [4.78, 5) is 41.7. The number of amides is 1. The Labute approximate surface area is 202 Å². The molecule has 2 heterocycles. The zero-order chi connectivity index (χ0) is 25.3. The maximum atomic E-state index is 13.2. The van der Waals surface area contributed by atoms with Gasteiger partial charge in [-0.25, -0.2) is 9.59 Å². The monoisotopic (exact) mass is 482 g/mol. The van der Waals surface area contributed by atoms with Gasteiger partial charge in [-0.05, 0) is 68.5 Å². The van der Waals surface area contributed by atoms with Crippen LogP contribution in [0.15, 0.2) is 29.1 Å². The molecule has 1 fully saturated rings. The van der Waals surface area contributed by atoms with Crippen LogP contribution in [0.2, 0.25) is 0 Å². The van der Waals surface area contributed by atoms with Crippen LogP contribution >= 0.6 is 0 Å². The van der Waals surface area contributed by atoms with Gasteiger partial charge in [0.05, 0.1) is 18.8 Å². The predicted molar refractivity (Wildman–Crippen MR) is 126 cm³/mol. The zero-order valence-electron chi connectivity index (χ0n) is 20.3. The van der Waals surface area contributed by atoms with Gasteiger partial charge in [-0.15, -0.1) is 0 Å². The summed E-state index contributed by atoms with van der Waals surface area (Å²) in [5, 5.41) is 22.0. The number of nitrogens with one attached hydrogen (secondary N) is 1. The van der Waals surface area contributed by atoms with Crippen LogP contribution in [-0.4, -0.2) is 63.1 Å². The first-order valence-corrected chi connectivity index (χ1v) is 11.8. The molecular formula is C26H30N2O7. The van der Waals surface area contributed by atoms with Gasteiger partial charge in [0.25, 0.3) is 5.56 Å². The number of aliphatic hydroxyl groups is 1. The van der Waals surface area contributed by atoms with Crippen molar-refractivity contribution in [2.75, 3.05) is 13.7 Å². The number of carbonyl (C=O) groups is 2. The number of likely N-dealkylation sites (tertiary alicyclic amines) is 1. The first kappa shape index (κ1) is 23.4. The fourth-order valence-corrected chi connectivity index (χ4v) is 6.26. The van der Waals surface area contributed by atoms with Crippen LogP contribution in [0, 0.1) is 0 Å². The highest BCUT2D eigenvalue weighted by Crippen LogP contribution is 2.57. The summed E-state index contributed by atoms with van der Waals surface area (Å²) in [6.45, 7) is 5.79. The number of aromatic amines is 1. The Hall–Kier alpha value is -3.33. The molecule has 186 valence electrons. The van der Waals surface area contributed by atoms with Crippen LogP contribution in [-0.2, 0) is 29.4 Å². The van der Waals surface area contributed by atoms with E-state index in [0.717, 1.165) is 11.1 Å². The van der Waals surface area contributed by atoms with Crippen molar-refractivity contribution in [3.8, 4) is 5.75 Å². The lowest BCUT2D eigenvalue weighted by Crippen LogP contribution is -2.75. The van der Waals surface area contributed by atoms with Gasteiger partial charge in [0.2, 0.25) is 0 Å². The third-order valence-corrected chi connectivity index (χ3v) is 7.79. The summed E-state index contributed by atoms with van der Waals surface area (Å²) < 4.78 is 11.2. The Morgan fingerprint density at radius 3 is 2.57 bits per heavy atom. The molecule has 35 heavy (non-hydrogen) atoms. The second kappa shape index (κ2) is 7.58. The first-order valence-electron chi connectivity index (χ1n) is 11.8. The third kappa shape index (κ3) is 3.43. The Kier molecular flexibility index (Phi) is 5.07. The highest BCUT2D eigenvalue weighted by atomic mass is 16.6. The molecule has 1 amide bonds. The Morgan fingerprint density at radius 1 is 1.17 bits per heavy atom. The topological polar surface area (TPSA) is 129 Å². The molecule has 3 N–H and O–H groups in total. The molecule has 2 aromatic rings. The van der Waals surface area contributed by atoms with E-state index in [-0.39, 0.29) is 12.0 Å². The Bertz CT molecular complexity index is 1290. The maximum Gasteiger partial charge on any atom is 0.410 e. The molecule has 0 unspecified atom stereocenters. The van der Waals surface area contributed by atoms with Crippen LogP contribution in [0.3, 0.4) is 0 Å². The van der Waals surface area contributed by atoms with Gasteiger partial charge in [0.1, 0.15) is 16.9 Å². The number of hydrogen-bond donors (Lipinski definition) is 3. The fourth-order valence-electron chi connectivity index (χ4n) is 6.26. The second-order valence-corrected chi connectivity index (χ2v) is 10.8. The number of fused-ring (bicyclic) bond motifs is 2. The predicted octanol–water partition coefficient (Wildman–Crippen LogP) is 2.41. The third-order valence-electron chi connectivity index (χ3n) is 7.79. The molecule has 2 bridgehead atoms. The summed E-state index contributed by atoms with van der Waals surface area (Å²) in [6.07, 6.45) is 0.787. The average Bonchev–Trinajstić information content (AvgIpc) is 2.75. The van der Waals surface area contributed by atoms with Crippen LogP contribution in [0.25, 0.3) is 0 Å². The van der Waals surface area contributed by atoms with E-state index in [1.165, 1.54) is 6.07 Å². The molecule has 0 saturated carbocycles. The number of pyridine rings is 1. The summed E-state index contributed by atoms with van der Waals surface area (Å²) in [5.41, 5.74) is -0.787. The van der Waals surface area contributed by atoms with Crippen LogP contribution in [0.1, 0.15) is 59.9 Å². The molecule has 1 saturated heterocycles. The average molecular weight is 483 g/mol. The summed E-state index contributed by atoms with van der Waals surface area (Å²) in [6, 6.07) is 6.54. The minimum atomic E-state index is -1.40. The first-order chi connectivity index (χ1) is 16.4. The van der Waals surface area contributed by atoms with E-state index in [0.29, 0.717) is 42.8 Å². The van der Waals surface area contributed by atoms with E-state index in [4.69, 9.17) is 9.47 Å². The number of nitrogens with zero attached hydrogens (tertiary/aromatic N) is 1. The maximum absolute atomic E-state index is 13.2. The van der Waals surface area contributed by atoms with Gasteiger partial charge in [0, 0.05) is 30.5 Å². The number of H-pyrrole nitrogens is 1. The Morgan fingerprint density at radius 2 is 1.91 bits per heavy atom. The van der Waals surface area contributed by atoms with Crippen molar-refractivity contribution in [2.24, 2.45) is 0 Å². The lowest BCUT2D eigenvalue weighted by atomic mass is 9.49. The molecule has 9 nitrogen and oxygen atoms in total. The molecule has 3 atom stereocenters. The number of carboxylic acids is 1. The van der Waals surface area contributed by atoms with E-state index in [1.807, 2.05) is 18.2 Å². The summed E-state index contributed by atoms with van der Waals surface area (Å²) in [5.74, 6) is -0.662. The van der Waals surface area contributed by atoms with E-state index in [9.17, 15) is 24.6 Å². The van der Waals surface area contributed by atoms with Crippen molar-refractivity contribution < 1.29 is 29.3 Å². The van der Waals surface area contributed by atoms with E-state index in [1.54, 1.807) is 32.8 Å². The van der Waals surface area contributed by atoms with Gasteiger partial charge in [-0.3, -0.25) is 4.79 Å². The summed E-state index contributed by atoms with van der Waals surface area (Å²) in [7, 11) is 1.59. The van der Waals surface area contributed by atoms with Crippen molar-refractivity contribution in [3.05, 3.63) is 62.6 Å². The fraction of sp³-hybridized carbons (Fsp3) is 0.500. The smallest absolute Gasteiger partial charge is 0.410 e. The number of aromatic carboxylic acids is 1. The van der Waals surface area contributed by atoms with Crippen molar-refractivity contribution in [2.45, 2.75) is 69.1 Å². The van der Waals surface area contributed by atoms with Gasteiger partial charge in [-0.2, -0.15) is 0 Å². The van der Waals surface area contributed by atoms with Crippen molar-refractivity contribution >= 4 is 12.1 Å². The van der Waals surface area contributed by atoms with Crippen LogP contribution in [0.4, 0.5) is 4.79 Å². The quantitative estimate of drug-likeness (QED) is 0.599. The zero-order valence-corrected chi connectivity index (χ0v) is 20.3. The molecule has 0 spiro atoms. The molecule has 1 aliphatic heterocycles. The molecule has 1 aromatic carbocycles. The number of hydrogen-bond acceptors (Lipinski definition) is 6. The lowest BCUT2D eigenvalue weighted by Gasteiger charge is -2.63. The number of ether oxygens (including phenoxy) is 2. The number of carbonyl (C=O) groups excluding carboxylic acids is 1. The minimum Gasteiger partial charge on any atom is -0.497 e. The number of rotatable bonds is 2. The van der Waals surface area contributed by atoms with Crippen LogP contribution in [0.5, 0.6) is 5.75 Å². The summed E-state index contributed by atoms with van der Waals surface area (Å²) >= 11 is 0. The second-order valence-electron chi connectivity index (χ2n) is 10.8. The molecular weight excluding hydrogens is 452 g/mol. The SMILES string of the molecule is COc1ccc2c(c1)[C@]13CCN(C(=O)OC(C)(C)C)[C@H](C2)[C@]1(O)Cc1cc(C(=O)O)c(=O)[nH]c1C3. The molecule has 1 aromatic heterocycles. The van der Waals surface area contributed by atoms with Gasteiger partial charge >= 0.3 is 12.1 Å². The number of carboxylic acid groups (broad SMARTS) is 1. The normalized spacial score (nSPS) is 26.8. The van der Waals surface area contributed by atoms with Gasteiger partial charge < -0.3 is 29.6 Å². The minimum absolute atomic E-state index is 0.0972. The number of piperidine rings is 1. The van der Waals surface area contributed by atoms with Crippen molar-refractivity contribution in [1.82, 2.24) is 9.88 Å². The van der Waals surface area contributed by atoms with Crippen LogP contribution < -0.4 is 10.3 Å². The van der Waals surface area contributed by atoms with Crippen molar-refractivity contribution in [1.29, 1.82) is 0 Å².